The van der Waals surface area contributed by atoms with Crippen molar-refractivity contribution in [3.63, 3.8) is 0 Å². The summed E-state index contributed by atoms with van der Waals surface area (Å²) in [5.41, 5.74) is 2.88. The van der Waals surface area contributed by atoms with E-state index in [-0.39, 0.29) is 32.9 Å². The lowest BCUT2D eigenvalue weighted by Crippen LogP contribution is -2.51. The molecule has 2 bridgehead atoms. The number of phenolic OH excluding ortho intramolecular Hbond substituents is 1. The molecule has 1 heterocycles. The van der Waals surface area contributed by atoms with E-state index in [4.69, 9.17) is 32.7 Å². The molecule has 1 saturated heterocycles. The first-order chi connectivity index (χ1) is 20.1. The number of sulfonamides is 1. The summed E-state index contributed by atoms with van der Waals surface area (Å²) >= 11 is 12.1. The van der Waals surface area contributed by atoms with Crippen LogP contribution >= 0.6 is 23.2 Å². The number of carbonyl (C=O) groups is 1. The molecule has 10 heteroatoms. The largest absolute Gasteiger partial charge is 0.505 e. The summed E-state index contributed by atoms with van der Waals surface area (Å²) < 4.78 is 40.9. The molecular formula is C32H33Cl2NO6S. The smallest absolute Gasteiger partial charge is 0.305 e. The monoisotopic (exact) mass is 629 g/mol. The van der Waals surface area contributed by atoms with Crippen molar-refractivity contribution in [2.45, 2.75) is 54.6 Å². The highest BCUT2D eigenvalue weighted by molar-refractivity contribution is 7.89. The maximum Gasteiger partial charge on any atom is 0.305 e. The number of methoxy groups -OCH3 is 1. The number of carbonyl (C=O) groups excluding carboxylic acids is 1. The zero-order chi connectivity index (χ0) is 29.9. The lowest BCUT2D eigenvalue weighted by atomic mass is 9.70. The van der Waals surface area contributed by atoms with Crippen molar-refractivity contribution in [1.82, 2.24) is 4.72 Å². The van der Waals surface area contributed by atoms with Gasteiger partial charge in [0, 0.05) is 16.9 Å². The first-order valence-electron chi connectivity index (χ1n) is 13.8. The first kappa shape index (κ1) is 30.6. The number of nitrogens with one attached hydrogen (secondary N) is 1. The number of hydrogen-bond donors (Lipinski definition) is 2. The Bertz CT molecular complexity index is 1560. The highest BCUT2D eigenvalue weighted by Crippen LogP contribution is 2.54. The van der Waals surface area contributed by atoms with E-state index in [2.05, 4.69) is 47.2 Å². The Labute approximate surface area is 256 Å². The molecule has 2 N–H and O–H groups in total. The Morgan fingerprint density at radius 3 is 2.52 bits per heavy atom. The van der Waals surface area contributed by atoms with Crippen molar-refractivity contribution < 1.29 is 27.8 Å². The van der Waals surface area contributed by atoms with Crippen molar-refractivity contribution in [2.24, 2.45) is 5.92 Å². The number of esters is 1. The van der Waals surface area contributed by atoms with Crippen molar-refractivity contribution in [3.05, 3.63) is 94.5 Å². The molecule has 0 unspecified atom stereocenters. The highest BCUT2D eigenvalue weighted by atomic mass is 35.5. The number of phenols is 1. The van der Waals surface area contributed by atoms with Crippen molar-refractivity contribution >= 4 is 39.2 Å². The van der Waals surface area contributed by atoms with Crippen molar-refractivity contribution in [3.8, 4) is 16.9 Å². The average molecular weight is 631 g/mol. The lowest BCUT2D eigenvalue weighted by molar-refractivity contribution is -0.140. The molecule has 2 fully saturated rings. The van der Waals surface area contributed by atoms with Gasteiger partial charge in [-0.15, -0.1) is 0 Å². The molecule has 42 heavy (non-hydrogen) atoms. The average Bonchev–Trinajstić information content (AvgIpc) is 3.55. The second-order valence-electron chi connectivity index (χ2n) is 10.8. The fourth-order valence-corrected chi connectivity index (χ4v) is 8.27. The standard InChI is InChI=1S/C32H33Cl2NO6S/c1-40-29(36)12-8-3-2-7-11-25-30(35-42(38,39)28-18-24(33)17-26(34)31(28)37)27-19-32(25,20-41-27)23-15-13-22(14-16-23)21-9-5-4-6-10-21/h2,4-7,9-10,13-18,25,27,30,35,37H,3,8,11-12,19-20H2,1H3/b7-2-/t25-,27-,30-,32-/m0/s1. The van der Waals surface area contributed by atoms with Gasteiger partial charge in [0.05, 0.1) is 30.9 Å². The van der Waals surface area contributed by atoms with Crippen LogP contribution in [0.15, 0.2) is 83.8 Å². The molecule has 0 radical (unpaired) electrons. The Morgan fingerprint density at radius 2 is 1.81 bits per heavy atom. The third-order valence-electron chi connectivity index (χ3n) is 8.34. The molecule has 5 rings (SSSR count). The van der Waals surface area contributed by atoms with Gasteiger partial charge in [-0.3, -0.25) is 4.79 Å². The van der Waals surface area contributed by atoms with E-state index in [0.717, 1.165) is 16.7 Å². The van der Waals surface area contributed by atoms with E-state index in [1.165, 1.54) is 19.2 Å². The molecule has 0 aromatic heterocycles. The van der Waals surface area contributed by atoms with Crippen molar-refractivity contribution in [2.75, 3.05) is 13.7 Å². The summed E-state index contributed by atoms with van der Waals surface area (Å²) in [5.74, 6) is -0.932. The van der Waals surface area contributed by atoms with E-state index in [1.54, 1.807) is 0 Å². The molecule has 3 aromatic rings. The van der Waals surface area contributed by atoms with Gasteiger partial charge >= 0.3 is 5.97 Å². The zero-order valence-electron chi connectivity index (χ0n) is 23.1. The van der Waals surface area contributed by atoms with Gasteiger partial charge in [0.15, 0.2) is 5.75 Å². The van der Waals surface area contributed by atoms with E-state index in [9.17, 15) is 18.3 Å². The van der Waals surface area contributed by atoms with Crippen LogP contribution in [-0.2, 0) is 29.7 Å². The van der Waals surface area contributed by atoms with E-state index < -0.39 is 27.2 Å². The van der Waals surface area contributed by atoms with E-state index in [0.29, 0.717) is 38.7 Å². The van der Waals surface area contributed by atoms with Crippen LogP contribution in [0.2, 0.25) is 10.0 Å². The highest BCUT2D eigenvalue weighted by Gasteiger charge is 2.60. The van der Waals surface area contributed by atoms with Crippen LogP contribution < -0.4 is 4.72 Å². The van der Waals surface area contributed by atoms with Crippen LogP contribution in [0.1, 0.15) is 37.7 Å². The molecule has 4 atom stereocenters. The maximum absolute atomic E-state index is 13.6. The Balaban J connectivity index is 1.44. The molecule has 7 nitrogen and oxygen atoms in total. The van der Waals surface area contributed by atoms with Crippen LogP contribution in [-0.4, -0.2) is 45.4 Å². The molecule has 1 aliphatic carbocycles. The number of hydrogen-bond acceptors (Lipinski definition) is 6. The number of aromatic hydroxyl groups is 1. The fraction of sp³-hybridized carbons (Fsp3) is 0.344. The summed E-state index contributed by atoms with van der Waals surface area (Å²) in [6.45, 7) is 0.468. The summed E-state index contributed by atoms with van der Waals surface area (Å²) in [5, 5.41) is 10.4. The number of allylic oxidation sites excluding steroid dienone is 2. The predicted octanol–water partition coefficient (Wildman–Crippen LogP) is 6.66. The van der Waals surface area contributed by atoms with Gasteiger partial charge in [0.1, 0.15) is 4.90 Å². The topological polar surface area (TPSA) is 102 Å². The number of fused-ring (bicyclic) bond motifs is 2. The van der Waals surface area contributed by atoms with Gasteiger partial charge in [0.25, 0.3) is 0 Å². The normalized spacial score (nSPS) is 23.5. The molecule has 0 spiro atoms. The van der Waals surface area contributed by atoms with Gasteiger partial charge in [-0.2, -0.15) is 0 Å². The summed E-state index contributed by atoms with van der Waals surface area (Å²) in [6, 6.07) is 20.4. The van der Waals surface area contributed by atoms with Gasteiger partial charge < -0.3 is 14.6 Å². The maximum atomic E-state index is 13.6. The Morgan fingerprint density at radius 1 is 1.10 bits per heavy atom. The van der Waals surface area contributed by atoms with Gasteiger partial charge in [-0.25, -0.2) is 13.1 Å². The summed E-state index contributed by atoms with van der Waals surface area (Å²) in [6.07, 6.45) is 6.66. The predicted molar refractivity (Wildman–Crippen MR) is 163 cm³/mol. The fourth-order valence-electron chi connectivity index (χ4n) is 6.21. The van der Waals surface area contributed by atoms with Crippen LogP contribution in [0.4, 0.5) is 0 Å². The number of ether oxygens (including phenoxy) is 2. The molecule has 2 aliphatic rings. The van der Waals surface area contributed by atoms with E-state index >= 15 is 0 Å². The third-order valence-corrected chi connectivity index (χ3v) is 10.3. The van der Waals surface area contributed by atoms with Crippen LogP contribution in [0, 0.1) is 5.92 Å². The third kappa shape index (κ3) is 6.24. The number of unbranched alkanes of at least 4 members (excludes halogenated alkanes) is 1. The SMILES string of the molecule is COC(=O)CCC/C=C\C[C@H]1[C@H](NS(=O)(=O)c2cc(Cl)cc(Cl)c2O)[C@@H]2C[C@@]1(c1ccc(-c3ccccc3)cc1)CO2. The number of halogens is 2. The van der Waals surface area contributed by atoms with Crippen LogP contribution in [0.5, 0.6) is 5.75 Å². The molecule has 1 saturated carbocycles. The first-order valence-corrected chi connectivity index (χ1v) is 16.1. The van der Waals surface area contributed by atoms with Gasteiger partial charge in [0.2, 0.25) is 10.0 Å². The van der Waals surface area contributed by atoms with Crippen molar-refractivity contribution in [1.29, 1.82) is 0 Å². The molecular weight excluding hydrogens is 597 g/mol. The second-order valence-corrected chi connectivity index (χ2v) is 13.3. The molecule has 1 aliphatic heterocycles. The van der Waals surface area contributed by atoms with E-state index in [1.807, 2.05) is 24.3 Å². The quantitative estimate of drug-likeness (QED) is 0.140. The minimum absolute atomic E-state index is 0.101. The van der Waals surface area contributed by atoms with Crippen LogP contribution in [0.25, 0.3) is 11.1 Å². The summed E-state index contributed by atoms with van der Waals surface area (Å²) in [7, 11) is -2.83. The molecule has 3 aromatic carbocycles. The second kappa shape index (κ2) is 12.8. The summed E-state index contributed by atoms with van der Waals surface area (Å²) in [4.78, 5) is 11.1. The van der Waals surface area contributed by atoms with Gasteiger partial charge in [-0.05, 0) is 60.4 Å². The van der Waals surface area contributed by atoms with Crippen LogP contribution in [0.3, 0.4) is 0 Å². The minimum Gasteiger partial charge on any atom is -0.505 e. The Kier molecular flexibility index (Phi) is 9.30. The lowest BCUT2D eigenvalue weighted by Gasteiger charge is -2.39. The van der Waals surface area contributed by atoms with Gasteiger partial charge in [-0.1, -0.05) is 90.0 Å². The zero-order valence-corrected chi connectivity index (χ0v) is 25.5. The Hall–Kier alpha value is -2.88. The minimum atomic E-state index is -4.20. The molecule has 0 amide bonds. The number of rotatable bonds is 11. The number of benzene rings is 3. The molecule has 222 valence electrons.